The molecule has 2 aliphatic rings. The van der Waals surface area contributed by atoms with Gasteiger partial charge >= 0.3 is 0 Å². The topological polar surface area (TPSA) is 54.9 Å². The highest BCUT2D eigenvalue weighted by atomic mass is 19.3. The Labute approximate surface area is 151 Å². The fraction of sp³-hybridized carbons (Fsp3) is 0.450. The molecular weight excluding hydrogens is 336 g/mol. The Hall–Kier alpha value is -2.37. The second-order valence-corrected chi connectivity index (χ2v) is 7.33. The maximum Gasteiger partial charge on any atom is 0.280 e. The van der Waals surface area contributed by atoms with Gasteiger partial charge in [0, 0.05) is 12.1 Å². The molecule has 0 saturated heterocycles. The third-order valence-corrected chi connectivity index (χ3v) is 5.82. The zero-order chi connectivity index (χ0) is 18.3. The monoisotopic (exact) mass is 357 g/mol. The Morgan fingerprint density at radius 1 is 1.27 bits per heavy atom. The molecule has 4 nitrogen and oxygen atoms in total. The number of fused-ring (bicyclic) bond motifs is 1. The minimum atomic E-state index is -2.64. The highest BCUT2D eigenvalue weighted by molar-refractivity contribution is 5.82. The zero-order valence-electron chi connectivity index (χ0n) is 14.6. The van der Waals surface area contributed by atoms with Gasteiger partial charge in [0.2, 0.25) is 5.91 Å². The number of carbonyl (C=O) groups excluding carboxylic acids is 1. The van der Waals surface area contributed by atoms with Crippen LogP contribution in [0.25, 0.3) is 0 Å². The molecule has 4 rings (SSSR count). The second-order valence-electron chi connectivity index (χ2n) is 7.33. The summed E-state index contributed by atoms with van der Waals surface area (Å²) in [7, 11) is 0. The largest absolute Gasteiger partial charge is 0.343 e. The number of amides is 1. The van der Waals surface area contributed by atoms with E-state index in [0.717, 1.165) is 6.42 Å². The quantitative estimate of drug-likeness (QED) is 0.903. The van der Waals surface area contributed by atoms with Crippen molar-refractivity contribution in [2.24, 2.45) is 5.92 Å². The van der Waals surface area contributed by atoms with Gasteiger partial charge in [0.05, 0.1) is 5.54 Å². The summed E-state index contributed by atoms with van der Waals surface area (Å²) in [6.45, 7) is 2.07. The first-order valence-corrected chi connectivity index (χ1v) is 9.01. The molecule has 1 fully saturated rings. The highest BCUT2D eigenvalue weighted by Gasteiger charge is 2.45. The predicted octanol–water partition coefficient (Wildman–Crippen LogP) is 3.89. The van der Waals surface area contributed by atoms with Gasteiger partial charge in [0.15, 0.2) is 5.82 Å². The van der Waals surface area contributed by atoms with Crippen molar-refractivity contribution in [1.29, 1.82) is 0 Å². The molecule has 2 aromatic rings. The van der Waals surface area contributed by atoms with Gasteiger partial charge in [-0.3, -0.25) is 4.79 Å². The van der Waals surface area contributed by atoms with Gasteiger partial charge in [-0.2, -0.15) is 0 Å². The molecular formula is C20H21F2N3O. The molecule has 6 heteroatoms. The van der Waals surface area contributed by atoms with Crippen LogP contribution in [-0.2, 0) is 16.8 Å². The summed E-state index contributed by atoms with van der Waals surface area (Å²) in [6.07, 6.45) is 1.69. The number of rotatable bonds is 4. The van der Waals surface area contributed by atoms with Gasteiger partial charge in [-0.05, 0) is 48.8 Å². The number of carbonyl (C=O) groups is 1. The van der Waals surface area contributed by atoms with Crippen molar-refractivity contribution >= 4 is 5.91 Å². The first-order valence-electron chi connectivity index (χ1n) is 9.01. The Morgan fingerprint density at radius 2 is 2.04 bits per heavy atom. The maximum absolute atomic E-state index is 13.0. The van der Waals surface area contributed by atoms with Crippen LogP contribution < -0.4 is 5.32 Å². The normalized spacial score (nSPS) is 23.4. The van der Waals surface area contributed by atoms with E-state index in [0.29, 0.717) is 25.1 Å². The van der Waals surface area contributed by atoms with Crippen LogP contribution in [0.1, 0.15) is 61.2 Å². The SMILES string of the molecule is CC1c2ccccc2CC1C(=O)NC1(c2nccc(C(F)F)n2)CCC1. The average Bonchev–Trinajstić information content (AvgIpc) is 2.95. The van der Waals surface area contributed by atoms with Crippen molar-refractivity contribution in [2.75, 3.05) is 0 Å². The summed E-state index contributed by atoms with van der Waals surface area (Å²) >= 11 is 0. The van der Waals surface area contributed by atoms with Gasteiger partial charge in [-0.25, -0.2) is 18.7 Å². The number of nitrogens with zero attached hydrogens (tertiary/aromatic N) is 2. The van der Waals surface area contributed by atoms with E-state index in [9.17, 15) is 13.6 Å². The first-order chi connectivity index (χ1) is 12.5. The molecule has 26 heavy (non-hydrogen) atoms. The lowest BCUT2D eigenvalue weighted by Crippen LogP contribution is -2.53. The van der Waals surface area contributed by atoms with Crippen LogP contribution in [0.5, 0.6) is 0 Å². The summed E-state index contributed by atoms with van der Waals surface area (Å²) in [5, 5.41) is 3.11. The van der Waals surface area contributed by atoms with Gasteiger partial charge in [-0.15, -0.1) is 0 Å². The van der Waals surface area contributed by atoms with Crippen molar-refractivity contribution in [3.63, 3.8) is 0 Å². The Bertz CT molecular complexity index is 835. The predicted molar refractivity (Wildman–Crippen MR) is 92.7 cm³/mol. The van der Waals surface area contributed by atoms with Gasteiger partial charge in [0.1, 0.15) is 5.69 Å². The molecule has 1 aromatic carbocycles. The molecule has 2 atom stereocenters. The third-order valence-electron chi connectivity index (χ3n) is 5.82. The van der Waals surface area contributed by atoms with Crippen molar-refractivity contribution in [3.05, 3.63) is 59.2 Å². The molecule has 0 radical (unpaired) electrons. The smallest absolute Gasteiger partial charge is 0.280 e. The van der Waals surface area contributed by atoms with E-state index in [4.69, 9.17) is 0 Å². The maximum atomic E-state index is 13.0. The summed E-state index contributed by atoms with van der Waals surface area (Å²) in [5.41, 5.74) is 1.42. The standard InChI is InChI=1S/C20H21F2N3O/c1-12-14-6-3-2-5-13(14)11-15(12)18(26)25-20(8-4-9-20)19-23-10-7-16(24-19)17(21)22/h2-3,5-7,10,12,15,17H,4,8-9,11H2,1H3,(H,25,26). The van der Waals surface area contributed by atoms with Crippen molar-refractivity contribution < 1.29 is 13.6 Å². The first kappa shape index (κ1) is 17.1. The molecule has 0 spiro atoms. The molecule has 1 heterocycles. The Kier molecular flexibility index (Phi) is 4.21. The van der Waals surface area contributed by atoms with Crippen LogP contribution in [0.2, 0.25) is 0 Å². The number of halogens is 2. The number of aromatic nitrogens is 2. The zero-order valence-corrected chi connectivity index (χ0v) is 14.6. The van der Waals surface area contributed by atoms with Crippen molar-refractivity contribution in [3.8, 4) is 0 Å². The van der Waals surface area contributed by atoms with E-state index in [2.05, 4.69) is 34.3 Å². The number of hydrogen-bond donors (Lipinski definition) is 1. The number of nitrogens with one attached hydrogen (secondary N) is 1. The molecule has 136 valence electrons. The molecule has 1 amide bonds. The van der Waals surface area contributed by atoms with Crippen LogP contribution in [0.4, 0.5) is 8.78 Å². The molecule has 2 aliphatic carbocycles. The Morgan fingerprint density at radius 3 is 2.69 bits per heavy atom. The molecule has 1 aromatic heterocycles. The highest BCUT2D eigenvalue weighted by Crippen LogP contribution is 2.42. The van der Waals surface area contributed by atoms with Gasteiger partial charge < -0.3 is 5.32 Å². The van der Waals surface area contributed by atoms with E-state index >= 15 is 0 Å². The van der Waals surface area contributed by atoms with Crippen LogP contribution in [0.3, 0.4) is 0 Å². The van der Waals surface area contributed by atoms with Gasteiger partial charge in [0.25, 0.3) is 6.43 Å². The molecule has 0 bridgehead atoms. The summed E-state index contributed by atoms with van der Waals surface area (Å²) in [6, 6.07) is 9.34. The Balaban J connectivity index is 1.56. The lowest BCUT2D eigenvalue weighted by atomic mass is 9.75. The third kappa shape index (κ3) is 2.77. The second kappa shape index (κ2) is 6.41. The number of alkyl halides is 2. The molecule has 0 aliphatic heterocycles. The lowest BCUT2D eigenvalue weighted by Gasteiger charge is -2.42. The van der Waals surface area contributed by atoms with E-state index < -0.39 is 12.0 Å². The summed E-state index contributed by atoms with van der Waals surface area (Å²) < 4.78 is 26.0. The van der Waals surface area contributed by atoms with Crippen molar-refractivity contribution in [1.82, 2.24) is 15.3 Å². The minimum Gasteiger partial charge on any atom is -0.343 e. The van der Waals surface area contributed by atoms with Crippen molar-refractivity contribution in [2.45, 2.75) is 50.5 Å². The fourth-order valence-corrected chi connectivity index (χ4v) is 4.10. The minimum absolute atomic E-state index is 0.0422. The van der Waals surface area contributed by atoms with E-state index in [1.165, 1.54) is 23.4 Å². The average molecular weight is 357 g/mol. The summed E-state index contributed by atoms with van der Waals surface area (Å²) in [5.74, 6) is 0.248. The molecule has 1 N–H and O–H groups in total. The van der Waals surface area contributed by atoms with E-state index in [1.54, 1.807) is 0 Å². The lowest BCUT2D eigenvalue weighted by molar-refractivity contribution is -0.128. The van der Waals surface area contributed by atoms with E-state index in [-0.39, 0.29) is 23.4 Å². The van der Waals surface area contributed by atoms with Crippen LogP contribution in [-0.4, -0.2) is 15.9 Å². The van der Waals surface area contributed by atoms with Gasteiger partial charge in [-0.1, -0.05) is 31.2 Å². The van der Waals surface area contributed by atoms with E-state index in [1.807, 2.05) is 12.1 Å². The summed E-state index contributed by atoms with van der Waals surface area (Å²) in [4.78, 5) is 21.2. The van der Waals surface area contributed by atoms with Crippen LogP contribution in [0, 0.1) is 5.92 Å². The van der Waals surface area contributed by atoms with Crippen LogP contribution in [0.15, 0.2) is 36.5 Å². The van der Waals surface area contributed by atoms with Crippen LogP contribution >= 0.6 is 0 Å². The molecule has 2 unspecified atom stereocenters. The number of benzene rings is 1. The molecule has 1 saturated carbocycles. The number of hydrogen-bond acceptors (Lipinski definition) is 3. The fourth-order valence-electron chi connectivity index (χ4n) is 4.10.